The zero-order chi connectivity index (χ0) is 26.8. The first kappa shape index (κ1) is 26.0. The van der Waals surface area contributed by atoms with E-state index >= 15 is 0 Å². The maximum absolute atomic E-state index is 6.50. The maximum Gasteiger partial charge on any atom is 0.157 e. The molecule has 4 aromatic rings. The Morgan fingerprint density at radius 2 is 1.82 bits per heavy atom. The lowest BCUT2D eigenvalue weighted by Gasteiger charge is -2.33. The Labute approximate surface area is 232 Å². The summed E-state index contributed by atoms with van der Waals surface area (Å²) in [5, 5.41) is 8.34. The van der Waals surface area contributed by atoms with Crippen LogP contribution in [0.5, 0.6) is 5.75 Å². The van der Waals surface area contributed by atoms with Crippen LogP contribution in [0.1, 0.15) is 56.5 Å². The molecule has 1 atom stereocenters. The molecule has 1 saturated carbocycles. The lowest BCUT2D eigenvalue weighted by Crippen LogP contribution is -2.33. The number of aromatic nitrogens is 5. The molecule has 9 nitrogen and oxygen atoms in total. The molecule has 1 aliphatic carbocycles. The predicted molar refractivity (Wildman–Crippen MR) is 150 cm³/mol. The number of anilines is 2. The first-order chi connectivity index (χ1) is 19.0. The Bertz CT molecular complexity index is 1430. The molecule has 10 heteroatoms. The summed E-state index contributed by atoms with van der Waals surface area (Å²) in [7, 11) is 0. The average Bonchev–Trinajstić information content (AvgIpc) is 3.32. The van der Waals surface area contributed by atoms with E-state index in [1.165, 1.54) is 6.42 Å². The van der Waals surface area contributed by atoms with Crippen LogP contribution in [-0.4, -0.2) is 49.7 Å². The third kappa shape index (κ3) is 6.32. The minimum Gasteiger partial charge on any atom is -0.488 e. The van der Waals surface area contributed by atoms with Gasteiger partial charge in [0.1, 0.15) is 22.5 Å². The highest BCUT2D eigenvalue weighted by Crippen LogP contribution is 2.35. The fourth-order valence-electron chi connectivity index (χ4n) is 5.37. The van der Waals surface area contributed by atoms with Gasteiger partial charge in [0.2, 0.25) is 0 Å². The van der Waals surface area contributed by atoms with Crippen LogP contribution >= 0.6 is 11.6 Å². The van der Waals surface area contributed by atoms with Crippen LogP contribution in [0.4, 0.5) is 11.6 Å². The second kappa shape index (κ2) is 11.5. The van der Waals surface area contributed by atoms with Gasteiger partial charge in [0.25, 0.3) is 0 Å². The molecule has 0 spiro atoms. The van der Waals surface area contributed by atoms with E-state index < -0.39 is 0 Å². The summed E-state index contributed by atoms with van der Waals surface area (Å²) >= 11 is 6.32. The molecule has 4 aromatic heterocycles. The highest BCUT2D eigenvalue weighted by Gasteiger charge is 2.27. The molecule has 5 heterocycles. The second-order valence-corrected chi connectivity index (χ2v) is 10.7. The van der Waals surface area contributed by atoms with Crippen LogP contribution < -0.4 is 10.1 Å². The summed E-state index contributed by atoms with van der Waals surface area (Å²) in [6.45, 7) is 4.63. The van der Waals surface area contributed by atoms with Crippen molar-refractivity contribution < 1.29 is 14.2 Å². The molecule has 0 aromatic carbocycles. The number of nitrogens with zero attached hydrogens (tertiary/aromatic N) is 5. The number of nitrogens with one attached hydrogen (secondary N) is 1. The summed E-state index contributed by atoms with van der Waals surface area (Å²) in [6.07, 6.45) is 11.0. The Kier molecular flexibility index (Phi) is 7.63. The van der Waals surface area contributed by atoms with Gasteiger partial charge in [0, 0.05) is 36.2 Å². The number of hydrogen-bond donors (Lipinski definition) is 1. The fraction of sp³-hybridized carbons (Fsp3) is 0.448. The summed E-state index contributed by atoms with van der Waals surface area (Å²) in [5.74, 6) is 2.86. The zero-order valence-electron chi connectivity index (χ0n) is 22.3. The minimum atomic E-state index is -0.0448. The maximum atomic E-state index is 6.50. The first-order valence-electron chi connectivity index (χ1n) is 13.7. The van der Waals surface area contributed by atoms with Crippen molar-refractivity contribution in [1.29, 1.82) is 0 Å². The van der Waals surface area contributed by atoms with E-state index in [-0.39, 0.29) is 18.5 Å². The van der Waals surface area contributed by atoms with Crippen molar-refractivity contribution in [1.82, 2.24) is 24.6 Å². The lowest BCUT2D eigenvalue weighted by atomic mass is 9.94. The Morgan fingerprint density at radius 3 is 2.62 bits per heavy atom. The molecule has 1 aliphatic heterocycles. The highest BCUT2D eigenvalue weighted by atomic mass is 35.5. The molecule has 2 fully saturated rings. The van der Waals surface area contributed by atoms with Crippen molar-refractivity contribution in [2.45, 2.75) is 77.3 Å². The Morgan fingerprint density at radius 1 is 0.974 bits per heavy atom. The van der Waals surface area contributed by atoms with Gasteiger partial charge >= 0.3 is 0 Å². The first-order valence-corrected chi connectivity index (χ1v) is 14.0. The van der Waals surface area contributed by atoms with Crippen LogP contribution in [0, 0.1) is 13.8 Å². The van der Waals surface area contributed by atoms with Crippen molar-refractivity contribution in [3.05, 3.63) is 59.4 Å². The fourth-order valence-corrected chi connectivity index (χ4v) is 5.53. The molecule has 2 aliphatic rings. The number of ether oxygens (including phenoxy) is 3. The lowest BCUT2D eigenvalue weighted by molar-refractivity contribution is -0.195. The van der Waals surface area contributed by atoms with Crippen molar-refractivity contribution in [3.63, 3.8) is 0 Å². The van der Waals surface area contributed by atoms with Crippen molar-refractivity contribution in [2.75, 3.05) is 11.9 Å². The van der Waals surface area contributed by atoms with Gasteiger partial charge in [-0.05, 0) is 82.6 Å². The third-order valence-corrected chi connectivity index (χ3v) is 7.43. The molecule has 0 radical (unpaired) electrons. The monoisotopic (exact) mass is 548 g/mol. The molecule has 39 heavy (non-hydrogen) atoms. The number of hydrogen-bond acceptors (Lipinski definition) is 8. The van der Waals surface area contributed by atoms with E-state index in [1.54, 1.807) is 6.20 Å². The Hall–Kier alpha value is -3.27. The highest BCUT2D eigenvalue weighted by molar-refractivity contribution is 6.29. The molecular formula is C29H33ClN6O3. The molecule has 1 unspecified atom stereocenters. The molecule has 6 rings (SSSR count). The largest absolute Gasteiger partial charge is 0.488 e. The van der Waals surface area contributed by atoms with Crippen LogP contribution in [-0.2, 0) is 9.47 Å². The van der Waals surface area contributed by atoms with E-state index in [0.717, 1.165) is 73.2 Å². The average molecular weight is 549 g/mol. The van der Waals surface area contributed by atoms with Crippen LogP contribution in [0.2, 0.25) is 5.15 Å². The number of aryl methyl sites for hydroxylation is 2. The van der Waals surface area contributed by atoms with Gasteiger partial charge in [-0.1, -0.05) is 11.6 Å². The SMILES string of the molecule is Cc1cc(Nc2cc3cc(-c4cc(Cl)ncc4O[C@H]4CC[C@H](OC5CCCCO5)CC4)ccn3n2)nc(C)n1. The van der Waals surface area contributed by atoms with Crippen molar-refractivity contribution in [3.8, 4) is 16.9 Å². The molecule has 1 saturated heterocycles. The standard InChI is InChI=1S/C29H33ClN6O3/c1-18-13-27(33-19(2)32-18)34-28-15-21-14-20(10-11-36(21)35-28)24-16-26(30)31-17-25(24)38-22-6-8-23(9-7-22)39-29-5-3-4-12-37-29/h10-11,13-17,22-23,29H,3-9,12H2,1-2H3,(H,32,33,34,35)/t22-,23-,29?. The number of rotatable bonds is 7. The van der Waals surface area contributed by atoms with Gasteiger partial charge in [-0.15, -0.1) is 0 Å². The van der Waals surface area contributed by atoms with Gasteiger partial charge in [-0.3, -0.25) is 0 Å². The van der Waals surface area contributed by atoms with Gasteiger partial charge in [0.15, 0.2) is 12.1 Å². The van der Waals surface area contributed by atoms with E-state index in [4.69, 9.17) is 25.8 Å². The van der Waals surface area contributed by atoms with E-state index in [2.05, 4.69) is 31.4 Å². The van der Waals surface area contributed by atoms with Crippen LogP contribution in [0.3, 0.4) is 0 Å². The summed E-state index contributed by atoms with van der Waals surface area (Å²) in [5.41, 5.74) is 3.72. The molecule has 0 amide bonds. The van der Waals surface area contributed by atoms with Gasteiger partial charge < -0.3 is 19.5 Å². The number of halogens is 1. The van der Waals surface area contributed by atoms with Gasteiger partial charge in [-0.2, -0.15) is 5.10 Å². The molecule has 0 bridgehead atoms. The zero-order valence-corrected chi connectivity index (χ0v) is 23.0. The van der Waals surface area contributed by atoms with Crippen molar-refractivity contribution >= 4 is 28.8 Å². The molecule has 1 N–H and O–H groups in total. The second-order valence-electron chi connectivity index (χ2n) is 10.3. The van der Waals surface area contributed by atoms with E-state index in [9.17, 15) is 0 Å². The Balaban J connectivity index is 1.16. The van der Waals surface area contributed by atoms with E-state index in [0.29, 0.717) is 22.6 Å². The van der Waals surface area contributed by atoms with Gasteiger partial charge in [0.05, 0.1) is 23.9 Å². The quantitative estimate of drug-likeness (QED) is 0.264. The third-order valence-electron chi connectivity index (χ3n) is 7.23. The van der Waals surface area contributed by atoms with E-state index in [1.807, 2.05) is 48.8 Å². The summed E-state index contributed by atoms with van der Waals surface area (Å²) in [6, 6.07) is 9.82. The van der Waals surface area contributed by atoms with Crippen molar-refractivity contribution in [2.24, 2.45) is 0 Å². The number of pyridine rings is 2. The van der Waals surface area contributed by atoms with Crippen LogP contribution in [0.15, 0.2) is 42.7 Å². The summed E-state index contributed by atoms with van der Waals surface area (Å²) in [4.78, 5) is 13.1. The van der Waals surface area contributed by atoms with Gasteiger partial charge in [-0.25, -0.2) is 19.5 Å². The topological polar surface area (TPSA) is 95.7 Å². The molecule has 204 valence electrons. The molecular weight excluding hydrogens is 516 g/mol. The summed E-state index contributed by atoms with van der Waals surface area (Å²) < 4.78 is 20.3. The predicted octanol–water partition coefficient (Wildman–Crippen LogP) is 6.43. The number of fused-ring (bicyclic) bond motifs is 1. The minimum absolute atomic E-state index is 0.0448. The smallest absolute Gasteiger partial charge is 0.157 e. The van der Waals surface area contributed by atoms with Crippen LogP contribution in [0.25, 0.3) is 16.6 Å². The normalized spacial score (nSPS) is 21.7.